The summed E-state index contributed by atoms with van der Waals surface area (Å²) < 4.78 is 6.78. The number of nitrogens with one attached hydrogen (secondary N) is 1. The Morgan fingerprint density at radius 1 is 1.53 bits per heavy atom. The Labute approximate surface area is 125 Å². The van der Waals surface area contributed by atoms with Crippen LogP contribution in [0.15, 0.2) is 28.2 Å². The van der Waals surface area contributed by atoms with E-state index in [-0.39, 0.29) is 0 Å². The molecule has 1 aromatic carbocycles. The molecule has 5 heteroatoms. The van der Waals surface area contributed by atoms with Crippen molar-refractivity contribution < 1.29 is 4.74 Å². The van der Waals surface area contributed by atoms with Crippen LogP contribution in [0.1, 0.15) is 28.6 Å². The van der Waals surface area contributed by atoms with E-state index >= 15 is 0 Å². The third-order valence-corrected chi connectivity index (χ3v) is 4.94. The van der Waals surface area contributed by atoms with Crippen molar-refractivity contribution in [2.75, 3.05) is 6.61 Å². The van der Waals surface area contributed by atoms with Crippen molar-refractivity contribution in [3.63, 3.8) is 0 Å². The number of ether oxygens (including phenoxy) is 1. The molecule has 0 saturated heterocycles. The fourth-order valence-electron chi connectivity index (χ4n) is 2.31. The van der Waals surface area contributed by atoms with Crippen LogP contribution in [0.2, 0.25) is 0 Å². The molecular weight excluding hydrogens is 324 g/mol. The molecule has 0 fully saturated rings. The molecule has 19 heavy (non-hydrogen) atoms. The maximum Gasteiger partial charge on any atom is 0.138 e. The Bertz CT molecular complexity index is 585. The van der Waals surface area contributed by atoms with Crippen LogP contribution in [0.5, 0.6) is 5.75 Å². The highest BCUT2D eigenvalue weighted by Crippen LogP contribution is 2.37. The van der Waals surface area contributed by atoms with Gasteiger partial charge in [-0.15, -0.1) is 11.3 Å². The third-order valence-electron chi connectivity index (χ3n) is 3.38. The van der Waals surface area contributed by atoms with Crippen molar-refractivity contribution in [3.8, 4) is 5.75 Å². The first-order chi connectivity index (χ1) is 9.25. The minimum absolute atomic E-state index is 0.350. The van der Waals surface area contributed by atoms with Crippen LogP contribution >= 0.6 is 27.3 Å². The lowest BCUT2D eigenvalue weighted by Crippen LogP contribution is -2.26. The Balaban J connectivity index is 1.77. The average Bonchev–Trinajstić information content (AvgIpc) is 2.82. The molecule has 2 heterocycles. The van der Waals surface area contributed by atoms with Gasteiger partial charge in [0.15, 0.2) is 0 Å². The average molecular weight is 339 g/mol. The lowest BCUT2D eigenvalue weighted by molar-refractivity contribution is 0.250. The Kier molecular flexibility index (Phi) is 3.86. The predicted octanol–water partition coefficient (Wildman–Crippen LogP) is 3.83. The van der Waals surface area contributed by atoms with Crippen LogP contribution in [-0.2, 0) is 6.54 Å². The smallest absolute Gasteiger partial charge is 0.138 e. The largest absolute Gasteiger partial charge is 0.492 e. The molecule has 1 aliphatic rings. The Morgan fingerprint density at radius 2 is 2.42 bits per heavy atom. The maximum atomic E-state index is 5.75. The summed E-state index contributed by atoms with van der Waals surface area (Å²) >= 11 is 5.26. The van der Waals surface area contributed by atoms with Crippen LogP contribution in [0.3, 0.4) is 0 Å². The predicted molar refractivity (Wildman–Crippen MR) is 80.7 cm³/mol. The van der Waals surface area contributed by atoms with Gasteiger partial charge in [-0.3, -0.25) is 0 Å². The van der Waals surface area contributed by atoms with Gasteiger partial charge in [-0.25, -0.2) is 4.98 Å². The number of aromatic nitrogens is 1. The number of halogens is 1. The van der Waals surface area contributed by atoms with Crippen molar-refractivity contribution in [1.29, 1.82) is 0 Å². The fraction of sp³-hybridized carbons (Fsp3) is 0.357. The molecule has 0 amide bonds. The molecule has 1 aliphatic heterocycles. The monoisotopic (exact) mass is 338 g/mol. The van der Waals surface area contributed by atoms with E-state index < -0.39 is 0 Å². The van der Waals surface area contributed by atoms with Gasteiger partial charge in [-0.2, -0.15) is 0 Å². The Morgan fingerprint density at radius 3 is 3.21 bits per heavy atom. The first-order valence-corrected chi connectivity index (χ1v) is 7.96. The van der Waals surface area contributed by atoms with E-state index in [0.717, 1.165) is 35.5 Å². The van der Waals surface area contributed by atoms with Crippen molar-refractivity contribution in [2.24, 2.45) is 0 Å². The standard InChI is InChI=1S/C14H15BrN2OS/c1-9-13(19-8-17-9)7-16-12-5-6-18-14-10(12)3-2-4-11(14)15/h2-4,8,12,16H,5-7H2,1H3/t12-/m0/s1. The van der Waals surface area contributed by atoms with E-state index in [1.807, 2.05) is 11.6 Å². The third kappa shape index (κ3) is 2.68. The number of hydrogen-bond acceptors (Lipinski definition) is 4. The summed E-state index contributed by atoms with van der Waals surface area (Å²) in [6.07, 6.45) is 1.00. The zero-order valence-electron chi connectivity index (χ0n) is 10.6. The van der Waals surface area contributed by atoms with Gasteiger partial charge in [0.05, 0.1) is 22.3 Å². The van der Waals surface area contributed by atoms with Gasteiger partial charge in [0.25, 0.3) is 0 Å². The molecule has 0 spiro atoms. The van der Waals surface area contributed by atoms with Gasteiger partial charge in [-0.05, 0) is 28.9 Å². The molecule has 1 N–H and O–H groups in total. The lowest BCUT2D eigenvalue weighted by Gasteiger charge is -2.27. The van der Waals surface area contributed by atoms with Crippen LogP contribution < -0.4 is 10.1 Å². The van der Waals surface area contributed by atoms with Crippen LogP contribution in [-0.4, -0.2) is 11.6 Å². The summed E-state index contributed by atoms with van der Waals surface area (Å²) in [6, 6.07) is 6.57. The SMILES string of the molecule is Cc1ncsc1CN[C@H]1CCOc2c(Br)cccc21. The maximum absolute atomic E-state index is 5.75. The van der Waals surface area contributed by atoms with E-state index in [1.54, 1.807) is 11.3 Å². The van der Waals surface area contributed by atoms with E-state index in [4.69, 9.17) is 4.74 Å². The van der Waals surface area contributed by atoms with E-state index in [2.05, 4.69) is 45.3 Å². The number of fused-ring (bicyclic) bond motifs is 1. The molecular formula is C14H15BrN2OS. The molecule has 0 bridgehead atoms. The number of rotatable bonds is 3. The number of nitrogens with zero attached hydrogens (tertiary/aromatic N) is 1. The number of para-hydroxylation sites is 1. The summed E-state index contributed by atoms with van der Waals surface area (Å²) in [6.45, 7) is 3.68. The minimum Gasteiger partial charge on any atom is -0.492 e. The molecule has 2 aromatic rings. The highest BCUT2D eigenvalue weighted by Gasteiger charge is 2.22. The van der Waals surface area contributed by atoms with E-state index in [9.17, 15) is 0 Å². The summed E-state index contributed by atoms with van der Waals surface area (Å²) in [5, 5.41) is 3.62. The summed E-state index contributed by atoms with van der Waals surface area (Å²) in [5.41, 5.74) is 4.27. The second-order valence-corrected chi connectivity index (χ2v) is 6.38. The number of thiazole rings is 1. The van der Waals surface area contributed by atoms with Crippen molar-refractivity contribution in [1.82, 2.24) is 10.3 Å². The molecule has 1 atom stereocenters. The van der Waals surface area contributed by atoms with Gasteiger partial charge in [0, 0.05) is 29.4 Å². The lowest BCUT2D eigenvalue weighted by atomic mass is 10.0. The molecule has 0 aliphatic carbocycles. The number of hydrogen-bond donors (Lipinski definition) is 1. The van der Waals surface area contributed by atoms with E-state index in [1.165, 1.54) is 10.4 Å². The van der Waals surface area contributed by atoms with Gasteiger partial charge in [-0.1, -0.05) is 12.1 Å². The highest BCUT2D eigenvalue weighted by atomic mass is 79.9. The molecule has 0 unspecified atom stereocenters. The number of aryl methyl sites for hydroxylation is 1. The highest BCUT2D eigenvalue weighted by molar-refractivity contribution is 9.10. The summed E-state index contributed by atoms with van der Waals surface area (Å²) in [5.74, 6) is 0.979. The molecule has 0 radical (unpaired) electrons. The summed E-state index contributed by atoms with van der Waals surface area (Å²) in [7, 11) is 0. The fourth-order valence-corrected chi connectivity index (χ4v) is 3.53. The molecule has 3 rings (SSSR count). The zero-order valence-corrected chi connectivity index (χ0v) is 13.1. The van der Waals surface area contributed by atoms with Crippen LogP contribution in [0, 0.1) is 6.92 Å². The van der Waals surface area contributed by atoms with Crippen LogP contribution in [0.4, 0.5) is 0 Å². The van der Waals surface area contributed by atoms with E-state index in [0.29, 0.717) is 6.04 Å². The van der Waals surface area contributed by atoms with Gasteiger partial charge in [0.1, 0.15) is 5.75 Å². The first-order valence-electron chi connectivity index (χ1n) is 6.29. The summed E-state index contributed by atoms with van der Waals surface area (Å²) in [4.78, 5) is 5.59. The quantitative estimate of drug-likeness (QED) is 0.923. The number of benzene rings is 1. The normalized spacial score (nSPS) is 17.9. The van der Waals surface area contributed by atoms with Crippen molar-refractivity contribution in [3.05, 3.63) is 44.3 Å². The molecule has 0 saturated carbocycles. The van der Waals surface area contributed by atoms with Gasteiger partial charge in [0.2, 0.25) is 0 Å². The second kappa shape index (κ2) is 5.61. The zero-order chi connectivity index (χ0) is 13.2. The molecule has 1 aromatic heterocycles. The van der Waals surface area contributed by atoms with Crippen molar-refractivity contribution in [2.45, 2.75) is 25.9 Å². The molecule has 3 nitrogen and oxygen atoms in total. The Hall–Kier alpha value is -0.910. The van der Waals surface area contributed by atoms with Crippen LogP contribution in [0.25, 0.3) is 0 Å². The minimum atomic E-state index is 0.350. The topological polar surface area (TPSA) is 34.2 Å². The molecule has 100 valence electrons. The first kappa shape index (κ1) is 13.1. The second-order valence-electron chi connectivity index (χ2n) is 4.59. The van der Waals surface area contributed by atoms with Gasteiger partial charge < -0.3 is 10.1 Å². The van der Waals surface area contributed by atoms with Crippen molar-refractivity contribution >= 4 is 27.3 Å². The van der Waals surface area contributed by atoms with Gasteiger partial charge >= 0.3 is 0 Å².